The Morgan fingerprint density at radius 1 is 1.47 bits per heavy atom. The molecule has 0 unspecified atom stereocenters. The van der Waals surface area contributed by atoms with E-state index in [1.807, 2.05) is 0 Å². The number of rotatable bonds is 3. The first-order chi connectivity index (χ1) is 8.13. The van der Waals surface area contributed by atoms with Gasteiger partial charge in [0.05, 0.1) is 16.5 Å². The van der Waals surface area contributed by atoms with Crippen LogP contribution in [-0.4, -0.2) is 25.1 Å². The third-order valence-electron chi connectivity index (χ3n) is 2.02. The van der Waals surface area contributed by atoms with Gasteiger partial charge < -0.3 is 0 Å². The molecular weight excluding hydrogens is 269 g/mol. The van der Waals surface area contributed by atoms with Crippen LogP contribution in [-0.2, 0) is 5.88 Å². The molecule has 0 N–H and O–H groups in total. The second-order valence-corrected chi connectivity index (χ2v) is 3.71. The summed E-state index contributed by atoms with van der Waals surface area (Å²) in [6.07, 6.45) is 0. The number of nitro groups is 1. The van der Waals surface area contributed by atoms with Crippen molar-refractivity contribution in [2.24, 2.45) is 0 Å². The van der Waals surface area contributed by atoms with Crippen LogP contribution in [0.4, 0.5) is 5.69 Å². The summed E-state index contributed by atoms with van der Waals surface area (Å²) in [6.45, 7) is 0. The monoisotopic (exact) mass is 273 g/mol. The molecular formula is C8H5Cl2N5O2. The molecule has 17 heavy (non-hydrogen) atoms. The van der Waals surface area contributed by atoms with Gasteiger partial charge in [-0.25, -0.2) is 0 Å². The van der Waals surface area contributed by atoms with Crippen molar-refractivity contribution in [2.45, 2.75) is 5.88 Å². The Bertz CT molecular complexity index is 571. The summed E-state index contributed by atoms with van der Waals surface area (Å²) >= 11 is 11.3. The molecule has 0 fully saturated rings. The quantitative estimate of drug-likeness (QED) is 0.485. The molecule has 1 aromatic carbocycles. The third-order valence-corrected chi connectivity index (χ3v) is 2.58. The molecule has 7 nitrogen and oxygen atoms in total. The van der Waals surface area contributed by atoms with Crippen LogP contribution >= 0.6 is 23.2 Å². The van der Waals surface area contributed by atoms with Crippen LogP contribution in [0.15, 0.2) is 18.2 Å². The van der Waals surface area contributed by atoms with Crippen LogP contribution in [0, 0.1) is 10.1 Å². The van der Waals surface area contributed by atoms with Crippen LogP contribution in [0.2, 0.25) is 5.02 Å². The number of nitro benzene ring substituents is 1. The van der Waals surface area contributed by atoms with E-state index in [0.717, 1.165) is 0 Å². The minimum absolute atomic E-state index is 0.0549. The molecule has 0 radical (unpaired) electrons. The van der Waals surface area contributed by atoms with Gasteiger partial charge in [0.1, 0.15) is 5.02 Å². The Kier molecular flexibility index (Phi) is 3.21. The molecule has 2 rings (SSSR count). The standard InChI is InChI=1S/C8H5Cl2N5O2/c9-4-8-11-12-13-14(8)5-1-2-6(10)7(3-5)15(16)17/h1-3H,4H2. The maximum atomic E-state index is 10.7. The first kappa shape index (κ1) is 11.7. The van der Waals surface area contributed by atoms with Gasteiger partial charge in [0.15, 0.2) is 5.82 Å². The van der Waals surface area contributed by atoms with Gasteiger partial charge in [-0.05, 0) is 22.6 Å². The first-order valence-electron chi connectivity index (χ1n) is 4.41. The molecule has 0 amide bonds. The highest BCUT2D eigenvalue weighted by atomic mass is 35.5. The van der Waals surface area contributed by atoms with E-state index in [1.165, 1.54) is 16.8 Å². The van der Waals surface area contributed by atoms with E-state index in [4.69, 9.17) is 23.2 Å². The minimum Gasteiger partial charge on any atom is -0.258 e. The fourth-order valence-corrected chi connectivity index (χ4v) is 1.62. The molecule has 0 aliphatic rings. The second-order valence-electron chi connectivity index (χ2n) is 3.03. The van der Waals surface area contributed by atoms with Crippen molar-refractivity contribution in [3.05, 3.63) is 39.2 Å². The predicted molar refractivity (Wildman–Crippen MR) is 60.4 cm³/mol. The van der Waals surface area contributed by atoms with Gasteiger partial charge in [-0.2, -0.15) is 4.68 Å². The van der Waals surface area contributed by atoms with E-state index >= 15 is 0 Å². The molecule has 0 spiro atoms. The summed E-state index contributed by atoms with van der Waals surface area (Å²) in [5, 5.41) is 21.6. The summed E-state index contributed by atoms with van der Waals surface area (Å²) in [5.41, 5.74) is 0.224. The summed E-state index contributed by atoms with van der Waals surface area (Å²) < 4.78 is 1.32. The highest BCUT2D eigenvalue weighted by Crippen LogP contribution is 2.26. The molecule has 0 bridgehead atoms. The largest absolute Gasteiger partial charge is 0.290 e. The number of tetrazole rings is 1. The van der Waals surface area contributed by atoms with Crippen molar-refractivity contribution in [1.82, 2.24) is 20.2 Å². The van der Waals surface area contributed by atoms with E-state index < -0.39 is 4.92 Å². The summed E-state index contributed by atoms with van der Waals surface area (Å²) in [5.74, 6) is 0.493. The van der Waals surface area contributed by atoms with Crippen molar-refractivity contribution in [3.8, 4) is 5.69 Å². The first-order valence-corrected chi connectivity index (χ1v) is 5.32. The molecule has 0 aliphatic heterocycles. The van der Waals surface area contributed by atoms with Gasteiger partial charge in [-0.3, -0.25) is 10.1 Å². The lowest BCUT2D eigenvalue weighted by Crippen LogP contribution is -2.02. The van der Waals surface area contributed by atoms with E-state index in [2.05, 4.69) is 15.5 Å². The van der Waals surface area contributed by atoms with Crippen LogP contribution in [0.5, 0.6) is 0 Å². The molecule has 1 aromatic heterocycles. The number of hydrogen-bond acceptors (Lipinski definition) is 5. The van der Waals surface area contributed by atoms with Gasteiger partial charge in [0.25, 0.3) is 5.69 Å². The van der Waals surface area contributed by atoms with Crippen LogP contribution in [0.1, 0.15) is 5.82 Å². The van der Waals surface area contributed by atoms with Gasteiger partial charge in [0, 0.05) is 6.07 Å². The van der Waals surface area contributed by atoms with Crippen molar-refractivity contribution in [2.75, 3.05) is 0 Å². The summed E-state index contributed by atoms with van der Waals surface area (Å²) in [6, 6.07) is 4.27. The zero-order valence-electron chi connectivity index (χ0n) is 8.25. The molecule has 9 heteroatoms. The van der Waals surface area contributed by atoms with Gasteiger partial charge >= 0.3 is 0 Å². The van der Waals surface area contributed by atoms with Gasteiger partial charge in [0.2, 0.25) is 0 Å². The average Bonchev–Trinajstić information content (AvgIpc) is 2.77. The fraction of sp³-hybridized carbons (Fsp3) is 0.125. The molecule has 88 valence electrons. The lowest BCUT2D eigenvalue weighted by molar-refractivity contribution is -0.384. The van der Waals surface area contributed by atoms with Crippen molar-refractivity contribution in [3.63, 3.8) is 0 Å². The molecule has 0 atom stereocenters. The van der Waals surface area contributed by atoms with E-state index in [-0.39, 0.29) is 16.6 Å². The van der Waals surface area contributed by atoms with Gasteiger partial charge in [-0.1, -0.05) is 11.6 Å². The summed E-state index contributed by atoms with van der Waals surface area (Å²) in [4.78, 5) is 10.2. The second kappa shape index (κ2) is 4.64. The van der Waals surface area contributed by atoms with Crippen molar-refractivity contribution in [1.29, 1.82) is 0 Å². The molecule has 0 saturated heterocycles. The van der Waals surface area contributed by atoms with Crippen LogP contribution < -0.4 is 0 Å². The zero-order chi connectivity index (χ0) is 12.4. The van der Waals surface area contributed by atoms with Crippen molar-refractivity contribution >= 4 is 28.9 Å². The smallest absolute Gasteiger partial charge is 0.258 e. The fourth-order valence-electron chi connectivity index (χ4n) is 1.26. The average molecular weight is 274 g/mol. The van der Waals surface area contributed by atoms with E-state index in [1.54, 1.807) is 6.07 Å². The Balaban J connectivity index is 2.54. The molecule has 2 aromatic rings. The number of halogens is 2. The molecule has 1 heterocycles. The molecule has 0 saturated carbocycles. The number of alkyl halides is 1. The van der Waals surface area contributed by atoms with Crippen LogP contribution in [0.25, 0.3) is 5.69 Å². The normalized spacial score (nSPS) is 10.5. The number of benzene rings is 1. The zero-order valence-corrected chi connectivity index (χ0v) is 9.76. The Morgan fingerprint density at radius 2 is 2.24 bits per heavy atom. The highest BCUT2D eigenvalue weighted by Gasteiger charge is 2.15. The van der Waals surface area contributed by atoms with E-state index in [0.29, 0.717) is 11.5 Å². The lowest BCUT2D eigenvalue weighted by atomic mass is 10.3. The van der Waals surface area contributed by atoms with Crippen molar-refractivity contribution < 1.29 is 4.92 Å². The predicted octanol–water partition coefficient (Wildman–Crippen LogP) is 1.96. The Hall–Kier alpha value is -1.73. The number of nitrogens with zero attached hydrogens (tertiary/aromatic N) is 5. The number of aromatic nitrogens is 4. The van der Waals surface area contributed by atoms with Crippen LogP contribution in [0.3, 0.4) is 0 Å². The summed E-state index contributed by atoms with van der Waals surface area (Å²) in [7, 11) is 0. The van der Waals surface area contributed by atoms with E-state index in [9.17, 15) is 10.1 Å². The van der Waals surface area contributed by atoms with Gasteiger partial charge in [-0.15, -0.1) is 16.7 Å². The topological polar surface area (TPSA) is 86.7 Å². The molecule has 0 aliphatic carbocycles. The maximum Gasteiger partial charge on any atom is 0.290 e. The number of hydrogen-bond donors (Lipinski definition) is 0. The minimum atomic E-state index is -0.573. The maximum absolute atomic E-state index is 10.7. The Labute approximate surface area is 105 Å². The Morgan fingerprint density at radius 3 is 2.88 bits per heavy atom. The highest BCUT2D eigenvalue weighted by molar-refractivity contribution is 6.32. The SMILES string of the molecule is O=[N+]([O-])c1cc(-n2nnnc2CCl)ccc1Cl. The lowest BCUT2D eigenvalue weighted by Gasteiger charge is -2.02. The third kappa shape index (κ3) is 2.20.